The number of hydrogen-bond donors (Lipinski definition) is 1. The molecular weight excluding hydrogens is 497 g/mol. The second-order valence-electron chi connectivity index (χ2n) is 6.34. The molecule has 158 valence electrons. The Balaban J connectivity index is 1.66. The van der Waals surface area contributed by atoms with Gasteiger partial charge in [0.05, 0.1) is 16.0 Å². The number of hydrogen-bond acceptors (Lipinski definition) is 6. The van der Waals surface area contributed by atoms with Crippen LogP contribution >= 0.6 is 27.3 Å². The highest BCUT2D eigenvalue weighted by molar-refractivity contribution is 9.10. The van der Waals surface area contributed by atoms with Gasteiger partial charge >= 0.3 is 6.18 Å². The van der Waals surface area contributed by atoms with Crippen molar-refractivity contribution < 1.29 is 22.7 Å². The number of benzene rings is 2. The maximum absolute atomic E-state index is 12.9. The summed E-state index contributed by atoms with van der Waals surface area (Å²) in [4.78, 5) is 23.9. The highest BCUT2D eigenvalue weighted by Gasteiger charge is 2.31. The number of halogens is 4. The SMILES string of the molecule is CC(=O)Nc1nc2c(Oc3cc(-c4ccc(C(F)(F)F)cc4Br)ncn3)cccc2s1. The van der Waals surface area contributed by atoms with Crippen molar-refractivity contribution in [1.82, 2.24) is 15.0 Å². The third-order valence-corrected chi connectivity index (χ3v) is 5.69. The molecule has 0 unspecified atom stereocenters. The molecule has 2 heterocycles. The number of aromatic nitrogens is 3. The predicted octanol–water partition coefficient (Wildman–Crippen LogP) is 6.29. The number of nitrogens with zero attached hydrogens (tertiary/aromatic N) is 3. The van der Waals surface area contributed by atoms with Crippen molar-refractivity contribution in [2.24, 2.45) is 0 Å². The lowest BCUT2D eigenvalue weighted by Crippen LogP contribution is -2.04. The summed E-state index contributed by atoms with van der Waals surface area (Å²) in [7, 11) is 0. The molecular formula is C20H12BrF3N4O2S. The number of amides is 1. The molecule has 0 saturated carbocycles. The summed E-state index contributed by atoms with van der Waals surface area (Å²) in [5.74, 6) is 0.379. The molecule has 0 atom stereocenters. The van der Waals surface area contributed by atoms with E-state index in [-0.39, 0.29) is 16.3 Å². The summed E-state index contributed by atoms with van der Waals surface area (Å²) in [5, 5.41) is 3.08. The van der Waals surface area contributed by atoms with E-state index in [0.717, 1.165) is 16.8 Å². The summed E-state index contributed by atoms with van der Waals surface area (Å²) in [6, 6.07) is 10.2. The molecule has 0 bridgehead atoms. The lowest BCUT2D eigenvalue weighted by molar-refractivity contribution is -0.137. The zero-order valence-corrected chi connectivity index (χ0v) is 18.1. The number of anilines is 1. The van der Waals surface area contributed by atoms with Crippen molar-refractivity contribution in [3.05, 3.63) is 58.8 Å². The molecule has 11 heteroatoms. The number of carbonyl (C=O) groups is 1. The summed E-state index contributed by atoms with van der Waals surface area (Å²) < 4.78 is 45.7. The van der Waals surface area contributed by atoms with E-state index in [2.05, 4.69) is 36.2 Å². The lowest BCUT2D eigenvalue weighted by atomic mass is 10.1. The predicted molar refractivity (Wildman–Crippen MR) is 114 cm³/mol. The van der Waals surface area contributed by atoms with Crippen LogP contribution in [0.4, 0.5) is 18.3 Å². The summed E-state index contributed by atoms with van der Waals surface area (Å²) in [6.07, 6.45) is -3.18. The van der Waals surface area contributed by atoms with Gasteiger partial charge in [-0.2, -0.15) is 13.2 Å². The fraction of sp³-hybridized carbons (Fsp3) is 0.100. The van der Waals surface area contributed by atoms with Crippen molar-refractivity contribution in [2.45, 2.75) is 13.1 Å². The van der Waals surface area contributed by atoms with Gasteiger partial charge < -0.3 is 10.1 Å². The molecule has 0 radical (unpaired) electrons. The van der Waals surface area contributed by atoms with Crippen molar-refractivity contribution in [2.75, 3.05) is 5.32 Å². The van der Waals surface area contributed by atoms with E-state index >= 15 is 0 Å². The van der Waals surface area contributed by atoms with Crippen LogP contribution in [0.1, 0.15) is 12.5 Å². The first-order valence-corrected chi connectivity index (χ1v) is 10.4. The number of nitrogens with one attached hydrogen (secondary N) is 1. The van der Waals surface area contributed by atoms with Crippen LogP contribution in [0.5, 0.6) is 11.6 Å². The highest BCUT2D eigenvalue weighted by atomic mass is 79.9. The van der Waals surface area contributed by atoms with Crippen LogP contribution in [-0.2, 0) is 11.0 Å². The second-order valence-corrected chi connectivity index (χ2v) is 8.22. The molecule has 2 aromatic heterocycles. The molecule has 0 spiro atoms. The Labute approximate surface area is 186 Å². The van der Waals surface area contributed by atoms with E-state index in [1.165, 1.54) is 36.7 Å². The van der Waals surface area contributed by atoms with Gasteiger partial charge in [0.15, 0.2) is 10.9 Å². The number of alkyl halides is 3. The lowest BCUT2D eigenvalue weighted by Gasteiger charge is -2.11. The zero-order valence-electron chi connectivity index (χ0n) is 15.7. The van der Waals surface area contributed by atoms with Gasteiger partial charge in [0, 0.05) is 23.0 Å². The van der Waals surface area contributed by atoms with Gasteiger partial charge in [-0.15, -0.1) is 0 Å². The van der Waals surface area contributed by atoms with E-state index in [4.69, 9.17) is 4.74 Å². The largest absolute Gasteiger partial charge is 0.437 e. The van der Waals surface area contributed by atoms with Crippen LogP contribution in [0.3, 0.4) is 0 Å². The van der Waals surface area contributed by atoms with E-state index < -0.39 is 11.7 Å². The molecule has 0 aliphatic carbocycles. The fourth-order valence-corrected chi connectivity index (χ4v) is 4.28. The standard InChI is InChI=1S/C20H12BrF3N4O2S/c1-10(29)27-19-28-18-15(3-2-4-16(18)31-19)30-17-8-14(25-9-26-17)12-6-5-11(7-13(12)21)20(22,23)24/h2-9H,1H3,(H,27,28,29). The molecule has 31 heavy (non-hydrogen) atoms. The molecule has 2 aromatic carbocycles. The molecule has 1 amide bonds. The average Bonchev–Trinajstić information content (AvgIpc) is 3.10. The topological polar surface area (TPSA) is 77.0 Å². The third-order valence-electron chi connectivity index (χ3n) is 4.09. The zero-order chi connectivity index (χ0) is 22.2. The normalized spacial score (nSPS) is 11.5. The van der Waals surface area contributed by atoms with Crippen LogP contribution in [-0.4, -0.2) is 20.9 Å². The molecule has 1 N–H and O–H groups in total. The van der Waals surface area contributed by atoms with Gasteiger partial charge in [0.2, 0.25) is 11.8 Å². The molecule has 0 saturated heterocycles. The molecule has 0 aliphatic rings. The minimum atomic E-state index is -4.44. The third kappa shape index (κ3) is 4.67. The first kappa shape index (κ1) is 21.2. The van der Waals surface area contributed by atoms with Crippen LogP contribution < -0.4 is 10.1 Å². The van der Waals surface area contributed by atoms with Gasteiger partial charge in [-0.1, -0.05) is 39.4 Å². The Morgan fingerprint density at radius 3 is 2.68 bits per heavy atom. The minimum absolute atomic E-state index is 0.193. The molecule has 0 aliphatic heterocycles. The molecule has 4 aromatic rings. The monoisotopic (exact) mass is 508 g/mol. The van der Waals surface area contributed by atoms with Crippen LogP contribution in [0.25, 0.3) is 21.5 Å². The summed E-state index contributed by atoms with van der Waals surface area (Å²) in [6.45, 7) is 1.39. The number of carbonyl (C=O) groups excluding carboxylic acids is 1. The maximum atomic E-state index is 12.9. The first-order chi connectivity index (χ1) is 14.7. The van der Waals surface area contributed by atoms with E-state index in [1.54, 1.807) is 12.1 Å². The second kappa shape index (κ2) is 8.23. The number of ether oxygens (including phenoxy) is 1. The Kier molecular flexibility index (Phi) is 5.63. The van der Waals surface area contributed by atoms with Gasteiger partial charge in [-0.25, -0.2) is 15.0 Å². The minimum Gasteiger partial charge on any atom is -0.437 e. The van der Waals surface area contributed by atoms with Gasteiger partial charge in [0.1, 0.15) is 11.8 Å². The van der Waals surface area contributed by atoms with Gasteiger partial charge in [-0.05, 0) is 24.3 Å². The quantitative estimate of drug-likeness (QED) is 0.350. The highest BCUT2D eigenvalue weighted by Crippen LogP contribution is 2.37. The van der Waals surface area contributed by atoms with Crippen LogP contribution in [0, 0.1) is 0 Å². The number of rotatable bonds is 4. The Morgan fingerprint density at radius 1 is 1.16 bits per heavy atom. The Morgan fingerprint density at radius 2 is 1.97 bits per heavy atom. The van der Waals surface area contributed by atoms with E-state index in [9.17, 15) is 18.0 Å². The van der Waals surface area contributed by atoms with Crippen LogP contribution in [0.2, 0.25) is 0 Å². The summed E-state index contributed by atoms with van der Waals surface area (Å²) >= 11 is 4.48. The number of thiazole rings is 1. The van der Waals surface area contributed by atoms with E-state index in [0.29, 0.717) is 27.7 Å². The molecule has 0 fully saturated rings. The van der Waals surface area contributed by atoms with Crippen molar-refractivity contribution >= 4 is 48.5 Å². The molecule has 4 rings (SSSR count). The Bertz CT molecular complexity index is 1290. The maximum Gasteiger partial charge on any atom is 0.416 e. The van der Waals surface area contributed by atoms with Crippen LogP contribution in [0.15, 0.2) is 53.3 Å². The molecule has 6 nitrogen and oxygen atoms in total. The van der Waals surface area contributed by atoms with Gasteiger partial charge in [-0.3, -0.25) is 4.79 Å². The average molecular weight is 509 g/mol. The fourth-order valence-electron chi connectivity index (χ4n) is 2.76. The first-order valence-electron chi connectivity index (χ1n) is 8.75. The van der Waals surface area contributed by atoms with E-state index in [1.807, 2.05) is 6.07 Å². The number of fused-ring (bicyclic) bond motifs is 1. The smallest absolute Gasteiger partial charge is 0.416 e. The number of para-hydroxylation sites is 1. The van der Waals surface area contributed by atoms with Crippen molar-refractivity contribution in [1.29, 1.82) is 0 Å². The van der Waals surface area contributed by atoms with Gasteiger partial charge in [0.25, 0.3) is 0 Å². The summed E-state index contributed by atoms with van der Waals surface area (Å²) in [5.41, 5.74) is 0.626. The van der Waals surface area contributed by atoms with Crippen molar-refractivity contribution in [3.63, 3.8) is 0 Å². The van der Waals surface area contributed by atoms with Crippen molar-refractivity contribution in [3.8, 4) is 22.9 Å². The Hall–Kier alpha value is -3.05.